The molecular formula is C8H13N5. The molecule has 1 saturated heterocycles. The van der Waals surface area contributed by atoms with Crippen molar-refractivity contribution < 1.29 is 0 Å². The van der Waals surface area contributed by atoms with Gasteiger partial charge in [-0.3, -0.25) is 0 Å². The molecule has 1 aromatic rings. The lowest BCUT2D eigenvalue weighted by molar-refractivity contribution is 0.443. The standard InChI is InChI=1S/C8H13N5/c1-6-3-13(4-6)8-2-7(12-9)10-5-11-8/h2,5-6H,3-4,9H2,1H3,(H,10,11,12). The van der Waals surface area contributed by atoms with E-state index in [1.54, 1.807) is 0 Å². The maximum atomic E-state index is 5.25. The third-order valence-corrected chi connectivity index (χ3v) is 2.19. The van der Waals surface area contributed by atoms with Crippen LogP contribution in [0.4, 0.5) is 11.6 Å². The summed E-state index contributed by atoms with van der Waals surface area (Å²) in [6, 6.07) is 1.85. The molecule has 70 valence electrons. The summed E-state index contributed by atoms with van der Waals surface area (Å²) in [6.45, 7) is 4.36. The van der Waals surface area contributed by atoms with Crippen LogP contribution in [0.25, 0.3) is 0 Å². The topological polar surface area (TPSA) is 67.1 Å². The third-order valence-electron chi connectivity index (χ3n) is 2.19. The first kappa shape index (κ1) is 8.25. The normalized spacial score (nSPS) is 16.9. The van der Waals surface area contributed by atoms with Gasteiger partial charge in [0.05, 0.1) is 0 Å². The highest BCUT2D eigenvalue weighted by atomic mass is 15.3. The number of rotatable bonds is 2. The van der Waals surface area contributed by atoms with E-state index in [1.165, 1.54) is 6.33 Å². The van der Waals surface area contributed by atoms with E-state index in [2.05, 4.69) is 27.2 Å². The van der Waals surface area contributed by atoms with Gasteiger partial charge in [-0.1, -0.05) is 6.92 Å². The minimum atomic E-state index is 0.657. The molecule has 0 amide bonds. The molecule has 0 saturated carbocycles. The number of nitrogens with zero attached hydrogens (tertiary/aromatic N) is 3. The molecule has 0 atom stereocenters. The highest BCUT2D eigenvalue weighted by molar-refractivity contribution is 5.49. The van der Waals surface area contributed by atoms with Crippen molar-refractivity contribution in [2.75, 3.05) is 23.4 Å². The third kappa shape index (κ3) is 1.55. The molecular weight excluding hydrogens is 166 g/mol. The molecule has 0 spiro atoms. The van der Waals surface area contributed by atoms with Gasteiger partial charge in [0.1, 0.15) is 18.0 Å². The molecule has 0 unspecified atom stereocenters. The molecule has 2 heterocycles. The molecule has 0 bridgehead atoms. The van der Waals surface area contributed by atoms with Gasteiger partial charge in [-0.15, -0.1) is 0 Å². The lowest BCUT2D eigenvalue weighted by Gasteiger charge is -2.38. The summed E-state index contributed by atoms with van der Waals surface area (Å²) in [5, 5.41) is 0. The van der Waals surface area contributed by atoms with Crippen molar-refractivity contribution in [2.45, 2.75) is 6.92 Å². The minimum absolute atomic E-state index is 0.657. The predicted octanol–water partition coefficient (Wildman–Crippen LogP) is 0.218. The molecule has 5 heteroatoms. The Kier molecular flexibility index (Phi) is 2.02. The fraction of sp³-hybridized carbons (Fsp3) is 0.500. The lowest BCUT2D eigenvalue weighted by Crippen LogP contribution is -2.45. The van der Waals surface area contributed by atoms with Crippen LogP contribution in [0, 0.1) is 5.92 Å². The predicted molar refractivity (Wildman–Crippen MR) is 51.2 cm³/mol. The molecule has 2 rings (SSSR count). The van der Waals surface area contributed by atoms with E-state index in [0.29, 0.717) is 5.82 Å². The summed E-state index contributed by atoms with van der Waals surface area (Å²) in [6.07, 6.45) is 1.52. The summed E-state index contributed by atoms with van der Waals surface area (Å²) in [5.74, 6) is 7.62. The molecule has 1 aromatic heterocycles. The first-order chi connectivity index (χ1) is 6.29. The quantitative estimate of drug-likeness (QED) is 0.502. The summed E-state index contributed by atoms with van der Waals surface area (Å²) >= 11 is 0. The van der Waals surface area contributed by atoms with Crippen molar-refractivity contribution >= 4 is 11.6 Å². The molecule has 3 N–H and O–H groups in total. The maximum absolute atomic E-state index is 5.25. The van der Waals surface area contributed by atoms with Crippen LogP contribution in [-0.2, 0) is 0 Å². The van der Waals surface area contributed by atoms with E-state index in [4.69, 9.17) is 5.84 Å². The molecule has 5 nitrogen and oxygen atoms in total. The first-order valence-electron chi connectivity index (χ1n) is 4.33. The van der Waals surface area contributed by atoms with Crippen LogP contribution in [0.5, 0.6) is 0 Å². The summed E-state index contributed by atoms with van der Waals surface area (Å²) in [5.41, 5.74) is 2.50. The number of anilines is 2. The Balaban J connectivity index is 2.12. The Morgan fingerprint density at radius 2 is 2.31 bits per heavy atom. The monoisotopic (exact) mass is 179 g/mol. The number of nitrogens with one attached hydrogen (secondary N) is 1. The van der Waals surface area contributed by atoms with Gasteiger partial charge in [-0.05, 0) is 5.92 Å². The van der Waals surface area contributed by atoms with E-state index >= 15 is 0 Å². The van der Waals surface area contributed by atoms with Gasteiger partial charge in [-0.25, -0.2) is 15.8 Å². The van der Waals surface area contributed by atoms with Crippen molar-refractivity contribution in [3.8, 4) is 0 Å². The lowest BCUT2D eigenvalue weighted by atomic mass is 10.0. The number of nitrogens with two attached hydrogens (primary N) is 1. The van der Waals surface area contributed by atoms with Crippen molar-refractivity contribution in [1.82, 2.24) is 9.97 Å². The van der Waals surface area contributed by atoms with Crippen LogP contribution in [0.15, 0.2) is 12.4 Å². The Morgan fingerprint density at radius 3 is 2.92 bits per heavy atom. The smallest absolute Gasteiger partial charge is 0.145 e. The highest BCUT2D eigenvalue weighted by Crippen LogP contribution is 2.22. The van der Waals surface area contributed by atoms with Crippen LogP contribution < -0.4 is 16.2 Å². The van der Waals surface area contributed by atoms with Crippen LogP contribution in [-0.4, -0.2) is 23.1 Å². The fourth-order valence-corrected chi connectivity index (χ4v) is 1.48. The Bertz CT molecular complexity index is 294. The number of hydrogen-bond donors (Lipinski definition) is 2. The Hall–Kier alpha value is -1.36. The van der Waals surface area contributed by atoms with E-state index in [9.17, 15) is 0 Å². The highest BCUT2D eigenvalue weighted by Gasteiger charge is 2.23. The van der Waals surface area contributed by atoms with E-state index < -0.39 is 0 Å². The second kappa shape index (κ2) is 3.18. The Morgan fingerprint density at radius 1 is 1.54 bits per heavy atom. The molecule has 0 aliphatic carbocycles. The second-order valence-electron chi connectivity index (χ2n) is 3.42. The molecule has 13 heavy (non-hydrogen) atoms. The van der Waals surface area contributed by atoms with Crippen molar-refractivity contribution in [2.24, 2.45) is 11.8 Å². The second-order valence-corrected chi connectivity index (χ2v) is 3.42. The van der Waals surface area contributed by atoms with Gasteiger partial charge in [0.2, 0.25) is 0 Å². The molecule has 1 aliphatic rings. The maximum Gasteiger partial charge on any atom is 0.145 e. The van der Waals surface area contributed by atoms with Gasteiger partial charge in [0.15, 0.2) is 0 Å². The average molecular weight is 179 g/mol. The zero-order valence-electron chi connectivity index (χ0n) is 7.57. The van der Waals surface area contributed by atoms with Gasteiger partial charge < -0.3 is 10.3 Å². The van der Waals surface area contributed by atoms with Crippen LogP contribution in [0.2, 0.25) is 0 Å². The van der Waals surface area contributed by atoms with Crippen LogP contribution in [0.3, 0.4) is 0 Å². The number of nitrogen functional groups attached to an aromatic ring is 1. The van der Waals surface area contributed by atoms with Crippen molar-refractivity contribution in [3.63, 3.8) is 0 Å². The minimum Gasteiger partial charge on any atom is -0.356 e. The number of hydrazine groups is 1. The summed E-state index contributed by atoms with van der Waals surface area (Å²) in [7, 11) is 0. The zero-order valence-corrected chi connectivity index (χ0v) is 7.57. The van der Waals surface area contributed by atoms with Crippen LogP contribution in [0.1, 0.15) is 6.92 Å². The average Bonchev–Trinajstić information content (AvgIpc) is 2.13. The molecule has 1 aliphatic heterocycles. The van der Waals surface area contributed by atoms with Crippen LogP contribution >= 0.6 is 0 Å². The van der Waals surface area contributed by atoms with Gasteiger partial charge in [0.25, 0.3) is 0 Å². The summed E-state index contributed by atoms with van der Waals surface area (Å²) in [4.78, 5) is 10.3. The van der Waals surface area contributed by atoms with Gasteiger partial charge in [-0.2, -0.15) is 0 Å². The van der Waals surface area contributed by atoms with Gasteiger partial charge >= 0.3 is 0 Å². The van der Waals surface area contributed by atoms with E-state index in [1.807, 2.05) is 6.07 Å². The fourth-order valence-electron chi connectivity index (χ4n) is 1.48. The zero-order chi connectivity index (χ0) is 9.26. The number of aromatic nitrogens is 2. The SMILES string of the molecule is CC1CN(c2cc(NN)ncn2)C1. The van der Waals surface area contributed by atoms with Gasteiger partial charge in [0, 0.05) is 19.2 Å². The Labute approximate surface area is 76.9 Å². The largest absolute Gasteiger partial charge is 0.356 e. The number of hydrogen-bond acceptors (Lipinski definition) is 5. The first-order valence-corrected chi connectivity index (χ1v) is 4.33. The van der Waals surface area contributed by atoms with E-state index in [-0.39, 0.29) is 0 Å². The summed E-state index contributed by atoms with van der Waals surface area (Å²) < 4.78 is 0. The molecule has 0 aromatic carbocycles. The molecule has 1 fully saturated rings. The van der Waals surface area contributed by atoms with Crippen molar-refractivity contribution in [1.29, 1.82) is 0 Å². The van der Waals surface area contributed by atoms with E-state index in [0.717, 1.165) is 24.8 Å². The van der Waals surface area contributed by atoms with Crippen molar-refractivity contribution in [3.05, 3.63) is 12.4 Å². The molecule has 0 radical (unpaired) electrons.